The van der Waals surface area contributed by atoms with Crippen molar-refractivity contribution in [1.82, 2.24) is 9.80 Å². The van der Waals surface area contributed by atoms with E-state index in [2.05, 4.69) is 15.9 Å². The van der Waals surface area contributed by atoms with Crippen LogP contribution in [0.5, 0.6) is 11.5 Å². The van der Waals surface area contributed by atoms with Gasteiger partial charge < -0.3 is 20.1 Å². The van der Waals surface area contributed by atoms with Crippen LogP contribution in [0.1, 0.15) is 75.7 Å². The van der Waals surface area contributed by atoms with Crippen molar-refractivity contribution in [2.24, 2.45) is 29.6 Å². The molecule has 0 spiro atoms. The first-order valence-electron chi connectivity index (χ1n) is 15.9. The average Bonchev–Trinajstić information content (AvgIpc) is 3.40. The van der Waals surface area contributed by atoms with Crippen molar-refractivity contribution >= 4 is 51.5 Å². The molecule has 12 nitrogen and oxygen atoms in total. The van der Waals surface area contributed by atoms with Crippen LogP contribution in [-0.4, -0.2) is 80.9 Å². The first-order valence-corrected chi connectivity index (χ1v) is 16.7. The van der Waals surface area contributed by atoms with Gasteiger partial charge in [-0.2, -0.15) is 0 Å². The fourth-order valence-electron chi connectivity index (χ4n) is 7.91. The van der Waals surface area contributed by atoms with Crippen LogP contribution in [-0.2, 0) is 28.8 Å². The summed E-state index contributed by atoms with van der Waals surface area (Å²) in [5.74, 6) is -6.68. The molecule has 3 fully saturated rings. The van der Waals surface area contributed by atoms with Gasteiger partial charge in [-0.25, -0.2) is 0 Å². The monoisotopic (exact) mass is 702 g/mol. The average molecular weight is 704 g/mol. The number of carbonyl (C=O) groups excluding carboxylic acids is 4. The van der Waals surface area contributed by atoms with E-state index in [4.69, 9.17) is 14.9 Å². The zero-order chi connectivity index (χ0) is 33.3. The third kappa shape index (κ3) is 6.30. The van der Waals surface area contributed by atoms with Crippen LogP contribution < -0.4 is 4.74 Å². The van der Waals surface area contributed by atoms with E-state index >= 15 is 0 Å². The molecule has 1 aromatic rings. The van der Waals surface area contributed by atoms with Crippen LogP contribution in [0.4, 0.5) is 0 Å². The summed E-state index contributed by atoms with van der Waals surface area (Å²) in [5.41, 5.74) is 1.47. The molecule has 1 aromatic carbocycles. The molecule has 1 saturated carbocycles. The van der Waals surface area contributed by atoms with Gasteiger partial charge in [0.05, 0.1) is 35.3 Å². The summed E-state index contributed by atoms with van der Waals surface area (Å²) in [7, 11) is 1.41. The van der Waals surface area contributed by atoms with Gasteiger partial charge in [-0.05, 0) is 78.1 Å². The molecule has 5 rings (SSSR count). The fourth-order valence-corrected chi connectivity index (χ4v) is 8.37. The number of hydrogen-bond acceptors (Lipinski definition) is 8. The number of fused-ring (bicyclic) bond motifs is 4. The highest BCUT2D eigenvalue weighted by molar-refractivity contribution is 9.10. The molecule has 0 bridgehead atoms. The number of ether oxygens (including phenoxy) is 1. The molecule has 2 aliphatic heterocycles. The van der Waals surface area contributed by atoms with Gasteiger partial charge in [0.15, 0.2) is 11.5 Å². The smallest absolute Gasteiger partial charge is 0.303 e. The summed E-state index contributed by atoms with van der Waals surface area (Å²) in [5, 5.41) is 28.4. The summed E-state index contributed by atoms with van der Waals surface area (Å²) in [4.78, 5) is 79.6. The van der Waals surface area contributed by atoms with Crippen LogP contribution in [0.3, 0.4) is 0 Å². The van der Waals surface area contributed by atoms with Gasteiger partial charge in [-0.15, -0.1) is 0 Å². The zero-order valence-corrected chi connectivity index (χ0v) is 27.2. The first kappa shape index (κ1) is 33.6. The predicted molar refractivity (Wildman–Crippen MR) is 166 cm³/mol. The van der Waals surface area contributed by atoms with E-state index in [1.165, 1.54) is 16.9 Å². The number of methoxy groups -OCH3 is 1. The molecule has 2 aliphatic carbocycles. The first-order chi connectivity index (χ1) is 22.0. The van der Waals surface area contributed by atoms with E-state index in [0.29, 0.717) is 55.0 Å². The summed E-state index contributed by atoms with van der Waals surface area (Å²) in [6, 6.07) is 3.35. The highest BCUT2D eigenvalue weighted by atomic mass is 79.9. The topological polar surface area (TPSA) is 179 Å². The van der Waals surface area contributed by atoms with Crippen molar-refractivity contribution in [3.63, 3.8) is 0 Å². The quantitative estimate of drug-likeness (QED) is 0.145. The lowest BCUT2D eigenvalue weighted by atomic mass is 9.57. The molecule has 2 saturated heterocycles. The van der Waals surface area contributed by atoms with Crippen LogP contribution >= 0.6 is 15.9 Å². The van der Waals surface area contributed by atoms with Crippen LogP contribution in [0.25, 0.3) is 0 Å². The number of hydrogen-bond donors (Lipinski definition) is 3. The number of likely N-dealkylation sites (tertiary alicyclic amines) is 2. The van der Waals surface area contributed by atoms with Crippen LogP contribution in [0.15, 0.2) is 28.3 Å². The maximum Gasteiger partial charge on any atom is 0.303 e. The van der Waals surface area contributed by atoms with Crippen molar-refractivity contribution < 1.29 is 48.8 Å². The molecule has 6 atom stereocenters. The number of rotatable bonds is 14. The second kappa shape index (κ2) is 13.9. The van der Waals surface area contributed by atoms with Crippen molar-refractivity contribution in [2.45, 2.75) is 70.1 Å². The molecular formula is C33H39BrN2O10. The molecule has 4 amide bonds. The minimum absolute atomic E-state index is 0.0112. The molecule has 3 N–H and O–H groups in total. The fraction of sp³-hybridized carbons (Fsp3) is 0.576. The number of allylic oxidation sites excluding steroid dienone is 2. The third-order valence-corrected chi connectivity index (χ3v) is 10.6. The largest absolute Gasteiger partial charge is 0.503 e. The third-order valence-electron chi connectivity index (χ3n) is 10.0. The van der Waals surface area contributed by atoms with Gasteiger partial charge in [0.25, 0.3) is 0 Å². The molecule has 46 heavy (non-hydrogen) atoms. The van der Waals surface area contributed by atoms with Gasteiger partial charge >= 0.3 is 11.9 Å². The lowest BCUT2D eigenvalue weighted by molar-refractivity contribution is -0.142. The number of amides is 4. The summed E-state index contributed by atoms with van der Waals surface area (Å²) in [6.07, 6.45) is 5.52. The Bertz CT molecular complexity index is 1470. The standard InChI is InChI=1S/C33H39BrN2O10/c1-46-23-15-17(14-22(34)29(23)41)26-18-10-11-19-27(32(44)35(30(19)42)12-6-2-4-8-24(37)38)20(18)16-21-28(26)33(45)36(31(21)43)13-7-3-5-9-25(39)40/h10,14-15,19-21,26-28,41H,2-9,11-13,16H2,1H3,(H,37,38)(H,39,40). The second-order valence-corrected chi connectivity index (χ2v) is 13.5. The Morgan fingerprint density at radius 2 is 1.37 bits per heavy atom. The molecule has 13 heteroatoms. The Labute approximate surface area is 274 Å². The number of phenolic OH excluding ortho intramolecular Hbond substituents is 1. The lowest BCUT2D eigenvalue weighted by Gasteiger charge is -2.44. The van der Waals surface area contributed by atoms with Crippen molar-refractivity contribution in [2.75, 3.05) is 20.2 Å². The Morgan fingerprint density at radius 1 is 0.804 bits per heavy atom. The van der Waals surface area contributed by atoms with E-state index in [-0.39, 0.29) is 67.5 Å². The van der Waals surface area contributed by atoms with Gasteiger partial charge in [0, 0.05) is 31.8 Å². The number of benzene rings is 1. The van der Waals surface area contributed by atoms with E-state index in [1.807, 2.05) is 6.08 Å². The van der Waals surface area contributed by atoms with Gasteiger partial charge in [0.1, 0.15) is 0 Å². The normalized spacial score (nSPS) is 27.0. The zero-order valence-electron chi connectivity index (χ0n) is 25.7. The molecular weight excluding hydrogens is 664 g/mol. The Morgan fingerprint density at radius 3 is 1.93 bits per heavy atom. The second-order valence-electron chi connectivity index (χ2n) is 12.6. The van der Waals surface area contributed by atoms with E-state index in [9.17, 15) is 33.9 Å². The van der Waals surface area contributed by atoms with E-state index in [1.54, 1.807) is 12.1 Å². The molecule has 6 unspecified atom stereocenters. The number of carboxylic acids is 2. The Kier molecular flexibility index (Phi) is 10.2. The van der Waals surface area contributed by atoms with Crippen molar-refractivity contribution in [1.29, 1.82) is 0 Å². The number of aromatic hydroxyl groups is 1. The lowest BCUT2D eigenvalue weighted by Crippen LogP contribution is -2.43. The minimum atomic E-state index is -0.899. The van der Waals surface area contributed by atoms with Gasteiger partial charge in [0.2, 0.25) is 23.6 Å². The highest BCUT2D eigenvalue weighted by Gasteiger charge is 2.61. The Balaban J connectivity index is 1.45. The van der Waals surface area contributed by atoms with Crippen LogP contribution in [0, 0.1) is 29.6 Å². The number of unbranched alkanes of at least 4 members (excludes halogenated alkanes) is 4. The minimum Gasteiger partial charge on any atom is -0.503 e. The van der Waals surface area contributed by atoms with Gasteiger partial charge in [-0.3, -0.25) is 38.6 Å². The molecule has 4 aliphatic rings. The molecule has 248 valence electrons. The highest BCUT2D eigenvalue weighted by Crippen LogP contribution is 2.58. The number of aliphatic carboxylic acids is 2. The number of halogens is 1. The number of imide groups is 2. The SMILES string of the molecule is COc1cc(C2C3=CCC4C(=O)N(CCCCCC(=O)O)C(=O)C4C3CC3C(=O)N(CCCCCC(=O)O)C(=O)C32)cc(Br)c1O. The van der Waals surface area contributed by atoms with Gasteiger partial charge in [-0.1, -0.05) is 24.5 Å². The maximum atomic E-state index is 14.0. The molecule has 2 heterocycles. The van der Waals surface area contributed by atoms with E-state index < -0.39 is 47.4 Å². The Hall–Kier alpha value is -3.74. The number of carbonyl (C=O) groups is 6. The molecule has 0 radical (unpaired) electrons. The maximum absolute atomic E-state index is 14.0. The van der Waals surface area contributed by atoms with Crippen molar-refractivity contribution in [3.05, 3.63) is 33.8 Å². The van der Waals surface area contributed by atoms with Crippen LogP contribution in [0.2, 0.25) is 0 Å². The summed E-state index contributed by atoms with van der Waals surface area (Å²) >= 11 is 3.38. The van der Waals surface area contributed by atoms with E-state index in [0.717, 1.165) is 5.57 Å². The number of carboxylic acid groups (broad SMARTS) is 2. The summed E-state index contributed by atoms with van der Waals surface area (Å²) in [6.45, 7) is 0.374. The van der Waals surface area contributed by atoms with Crippen molar-refractivity contribution in [3.8, 4) is 11.5 Å². The predicted octanol–water partition coefficient (Wildman–Crippen LogP) is 4.09. The number of phenols is 1. The molecule has 0 aromatic heterocycles. The number of nitrogens with zero attached hydrogens (tertiary/aromatic N) is 2. The summed E-state index contributed by atoms with van der Waals surface area (Å²) < 4.78 is 5.76.